The van der Waals surface area contributed by atoms with Gasteiger partial charge in [-0.25, -0.2) is 14.2 Å². The van der Waals surface area contributed by atoms with Crippen LogP contribution in [0, 0.1) is 12.8 Å². The number of hydrogen-bond donors (Lipinski definition) is 1. The summed E-state index contributed by atoms with van der Waals surface area (Å²) in [5.74, 6) is -0.788. The van der Waals surface area contributed by atoms with Crippen LogP contribution < -0.4 is 11.2 Å². The van der Waals surface area contributed by atoms with Gasteiger partial charge in [0.2, 0.25) is 0 Å². The molecule has 140 valence electrons. The van der Waals surface area contributed by atoms with Gasteiger partial charge in [-0.3, -0.25) is 9.36 Å². The molecule has 0 fully saturated rings. The molecule has 0 aliphatic carbocycles. The van der Waals surface area contributed by atoms with Crippen LogP contribution in [0.3, 0.4) is 0 Å². The van der Waals surface area contributed by atoms with Crippen LogP contribution in [-0.4, -0.2) is 20.2 Å². The lowest BCUT2D eigenvalue weighted by molar-refractivity contribution is -0.141. The van der Waals surface area contributed by atoms with Crippen LogP contribution in [0.2, 0.25) is 0 Å². The number of nitrogens with zero attached hydrogens (tertiary/aromatic N) is 2. The second-order valence-electron chi connectivity index (χ2n) is 7.34. The Morgan fingerprint density at radius 1 is 1.08 bits per heavy atom. The van der Waals surface area contributed by atoms with Crippen LogP contribution in [0.25, 0.3) is 5.69 Å². The van der Waals surface area contributed by atoms with Gasteiger partial charge in [-0.05, 0) is 42.9 Å². The number of aryl methyl sites for hydroxylation is 1. The van der Waals surface area contributed by atoms with Crippen LogP contribution in [0.1, 0.15) is 57.3 Å². The van der Waals surface area contributed by atoms with Crippen LogP contribution in [0.15, 0.2) is 39.9 Å². The van der Waals surface area contributed by atoms with Crippen molar-refractivity contribution in [3.63, 3.8) is 0 Å². The van der Waals surface area contributed by atoms with Gasteiger partial charge in [0, 0.05) is 11.8 Å². The fourth-order valence-corrected chi connectivity index (χ4v) is 3.04. The van der Waals surface area contributed by atoms with E-state index in [2.05, 4.69) is 13.8 Å². The van der Waals surface area contributed by atoms with Crippen LogP contribution in [0.5, 0.6) is 0 Å². The summed E-state index contributed by atoms with van der Waals surface area (Å²) in [5, 5.41) is 9.54. The number of hydrogen-bond acceptors (Lipinski definition) is 3. The van der Waals surface area contributed by atoms with E-state index >= 15 is 0 Å². The van der Waals surface area contributed by atoms with Crippen molar-refractivity contribution in [2.75, 3.05) is 0 Å². The van der Waals surface area contributed by atoms with Crippen molar-refractivity contribution in [2.24, 2.45) is 5.92 Å². The van der Waals surface area contributed by atoms with E-state index in [1.54, 1.807) is 6.92 Å². The lowest BCUT2D eigenvalue weighted by Crippen LogP contribution is -2.44. The molecule has 1 aromatic carbocycles. The van der Waals surface area contributed by atoms with E-state index in [9.17, 15) is 19.5 Å². The number of carbonyl (C=O) groups is 1. The summed E-state index contributed by atoms with van der Waals surface area (Å²) >= 11 is 0. The maximum Gasteiger partial charge on any atom is 0.336 e. The minimum atomic E-state index is -1.18. The van der Waals surface area contributed by atoms with E-state index in [-0.39, 0.29) is 12.3 Å². The summed E-state index contributed by atoms with van der Waals surface area (Å²) in [4.78, 5) is 37.1. The molecular formula is C20H26N2O4. The van der Waals surface area contributed by atoms with Gasteiger partial charge < -0.3 is 5.11 Å². The van der Waals surface area contributed by atoms with Crippen molar-refractivity contribution in [2.45, 2.75) is 53.0 Å². The minimum absolute atomic E-state index is 0.0301. The Hall–Kier alpha value is -2.63. The summed E-state index contributed by atoms with van der Waals surface area (Å²) in [6, 6.07) is 7.63. The molecule has 1 aromatic heterocycles. The van der Waals surface area contributed by atoms with Gasteiger partial charge in [-0.15, -0.1) is 0 Å². The van der Waals surface area contributed by atoms with E-state index in [1.807, 2.05) is 38.1 Å². The van der Waals surface area contributed by atoms with Crippen molar-refractivity contribution in [1.82, 2.24) is 9.13 Å². The first kappa shape index (κ1) is 19.7. The molecule has 0 radical (unpaired) electrons. The summed E-state index contributed by atoms with van der Waals surface area (Å²) < 4.78 is 2.24. The standard InChI is InChI=1S/C20H26N2O4/c1-12(2)10-17(19(24)25)22-18(23)11-14(5)21(20(22)26)16-8-6-15(7-9-16)13(3)4/h6-9,11-13,17H,10H2,1-5H3,(H,24,25)/t17-/m0/s1. The molecule has 1 N–H and O–H groups in total. The smallest absolute Gasteiger partial charge is 0.336 e. The molecule has 0 spiro atoms. The largest absolute Gasteiger partial charge is 0.480 e. The van der Waals surface area contributed by atoms with Gasteiger partial charge in [0.15, 0.2) is 0 Å². The van der Waals surface area contributed by atoms with E-state index < -0.39 is 23.3 Å². The molecule has 1 heterocycles. The molecule has 0 bridgehead atoms. The summed E-state index contributed by atoms with van der Waals surface area (Å²) in [6.07, 6.45) is 0.208. The zero-order valence-electron chi connectivity index (χ0n) is 15.9. The number of carboxylic acids is 1. The molecule has 0 unspecified atom stereocenters. The predicted molar refractivity (Wildman–Crippen MR) is 101 cm³/mol. The van der Waals surface area contributed by atoms with Crippen LogP contribution in [0.4, 0.5) is 0 Å². The highest BCUT2D eigenvalue weighted by Gasteiger charge is 2.26. The first-order chi connectivity index (χ1) is 12.1. The quantitative estimate of drug-likeness (QED) is 0.860. The SMILES string of the molecule is Cc1cc(=O)n([C@@H](CC(C)C)C(=O)O)c(=O)n1-c1ccc(C(C)C)cc1. The van der Waals surface area contributed by atoms with Crippen molar-refractivity contribution in [3.05, 3.63) is 62.4 Å². The molecule has 0 aliphatic heterocycles. The Morgan fingerprint density at radius 3 is 2.12 bits per heavy atom. The fourth-order valence-electron chi connectivity index (χ4n) is 3.04. The Morgan fingerprint density at radius 2 is 1.65 bits per heavy atom. The third-order valence-electron chi connectivity index (χ3n) is 4.43. The van der Waals surface area contributed by atoms with Crippen molar-refractivity contribution < 1.29 is 9.90 Å². The highest BCUT2D eigenvalue weighted by Crippen LogP contribution is 2.18. The average Bonchev–Trinajstić information content (AvgIpc) is 2.53. The van der Waals surface area contributed by atoms with Gasteiger partial charge in [0.05, 0.1) is 5.69 Å². The summed E-state index contributed by atoms with van der Waals surface area (Å²) in [5.41, 5.74) is 1.01. The monoisotopic (exact) mass is 358 g/mol. The second-order valence-corrected chi connectivity index (χ2v) is 7.34. The molecule has 2 aromatic rings. The second kappa shape index (κ2) is 7.72. The van der Waals surface area contributed by atoms with Crippen LogP contribution in [-0.2, 0) is 4.79 Å². The maximum atomic E-state index is 13.0. The number of benzene rings is 1. The number of carboxylic acid groups (broad SMARTS) is 1. The van der Waals surface area contributed by atoms with Crippen LogP contribution >= 0.6 is 0 Å². The van der Waals surface area contributed by atoms with Gasteiger partial charge >= 0.3 is 11.7 Å². The summed E-state index contributed by atoms with van der Waals surface area (Å²) in [6.45, 7) is 9.55. The van der Waals surface area contributed by atoms with Gasteiger partial charge in [-0.2, -0.15) is 0 Å². The Kier molecular flexibility index (Phi) is 5.85. The normalized spacial score (nSPS) is 12.6. The Labute approximate surface area is 152 Å². The Bertz CT molecular complexity index is 905. The third-order valence-corrected chi connectivity index (χ3v) is 4.43. The molecule has 6 nitrogen and oxygen atoms in total. The van der Waals surface area contributed by atoms with Crippen molar-refractivity contribution in [3.8, 4) is 5.69 Å². The van der Waals surface area contributed by atoms with Gasteiger partial charge in [0.1, 0.15) is 6.04 Å². The van der Waals surface area contributed by atoms with Crippen molar-refractivity contribution in [1.29, 1.82) is 0 Å². The molecule has 0 amide bonds. The number of aromatic nitrogens is 2. The zero-order chi connectivity index (χ0) is 19.6. The molecular weight excluding hydrogens is 332 g/mol. The fraction of sp³-hybridized carbons (Fsp3) is 0.450. The number of rotatable bonds is 6. The lowest BCUT2D eigenvalue weighted by atomic mass is 10.0. The average molecular weight is 358 g/mol. The lowest BCUT2D eigenvalue weighted by Gasteiger charge is -2.19. The van der Waals surface area contributed by atoms with Gasteiger partial charge in [0.25, 0.3) is 5.56 Å². The van der Waals surface area contributed by atoms with E-state index in [0.29, 0.717) is 17.3 Å². The third kappa shape index (κ3) is 3.95. The molecule has 0 saturated carbocycles. The molecule has 1 atom stereocenters. The van der Waals surface area contributed by atoms with E-state index in [0.717, 1.165) is 10.1 Å². The maximum absolute atomic E-state index is 13.0. The highest BCUT2D eigenvalue weighted by molar-refractivity contribution is 5.71. The first-order valence-corrected chi connectivity index (χ1v) is 8.81. The van der Waals surface area contributed by atoms with E-state index in [1.165, 1.54) is 10.6 Å². The Balaban J connectivity index is 2.67. The van der Waals surface area contributed by atoms with E-state index in [4.69, 9.17) is 0 Å². The molecule has 0 aliphatic rings. The molecule has 2 rings (SSSR count). The molecule has 6 heteroatoms. The number of aliphatic carboxylic acids is 1. The minimum Gasteiger partial charge on any atom is -0.480 e. The molecule has 0 saturated heterocycles. The summed E-state index contributed by atoms with van der Waals surface area (Å²) in [7, 11) is 0. The topological polar surface area (TPSA) is 81.3 Å². The highest BCUT2D eigenvalue weighted by atomic mass is 16.4. The molecule has 26 heavy (non-hydrogen) atoms. The van der Waals surface area contributed by atoms with Gasteiger partial charge in [-0.1, -0.05) is 39.8 Å². The first-order valence-electron chi connectivity index (χ1n) is 8.81. The zero-order valence-corrected chi connectivity index (χ0v) is 15.9. The van der Waals surface area contributed by atoms with Crippen molar-refractivity contribution >= 4 is 5.97 Å². The predicted octanol–water partition coefficient (Wildman–Crippen LogP) is 3.10.